The summed E-state index contributed by atoms with van der Waals surface area (Å²) in [6.07, 6.45) is 15.0. The molecule has 0 atom stereocenters. The Balaban J connectivity index is 1.98. The molecule has 2 saturated heterocycles. The molecule has 4 nitrogen and oxygen atoms in total. The molecule has 2 aliphatic rings. The van der Waals surface area contributed by atoms with Gasteiger partial charge in [0.2, 0.25) is 5.91 Å². The smallest absolute Gasteiger partial charge is 0.247 e. The molecule has 0 aromatic carbocycles. The van der Waals surface area contributed by atoms with Gasteiger partial charge in [-0.25, -0.2) is 0 Å². The number of carbonyl (C=O) groups is 1. The van der Waals surface area contributed by atoms with E-state index in [1.54, 1.807) is 0 Å². The van der Waals surface area contributed by atoms with Crippen molar-refractivity contribution in [2.24, 2.45) is 0 Å². The number of allylic oxidation sites excluding steroid dienone is 5. The molecule has 0 radical (unpaired) electrons. The van der Waals surface area contributed by atoms with Crippen LogP contribution in [0, 0.1) is 0 Å². The Morgan fingerprint density at radius 2 is 1.95 bits per heavy atom. The molecule has 1 spiro atoms. The van der Waals surface area contributed by atoms with E-state index >= 15 is 0 Å². The Morgan fingerprint density at radius 1 is 1.21 bits per heavy atom. The molecule has 0 aromatic rings. The van der Waals surface area contributed by atoms with Gasteiger partial charge in [-0.15, -0.1) is 0 Å². The van der Waals surface area contributed by atoms with Crippen LogP contribution in [-0.4, -0.2) is 36.1 Å². The number of nitrogens with one attached hydrogen (secondary N) is 2. The zero-order chi connectivity index (χ0) is 13.6. The first kappa shape index (κ1) is 13.9. The van der Waals surface area contributed by atoms with Crippen molar-refractivity contribution in [1.82, 2.24) is 15.5 Å². The van der Waals surface area contributed by atoms with Crippen molar-refractivity contribution < 1.29 is 4.79 Å². The molecule has 0 aliphatic carbocycles. The molecule has 0 bridgehead atoms. The van der Waals surface area contributed by atoms with E-state index < -0.39 is 0 Å². The average Bonchev–Trinajstić information content (AvgIpc) is 2.73. The van der Waals surface area contributed by atoms with Gasteiger partial charge < -0.3 is 15.5 Å². The maximum Gasteiger partial charge on any atom is 0.247 e. The van der Waals surface area contributed by atoms with E-state index in [-0.39, 0.29) is 11.4 Å². The molecular weight excluding hydrogens is 238 g/mol. The Hall–Kier alpha value is -1.55. The van der Waals surface area contributed by atoms with Gasteiger partial charge in [0.25, 0.3) is 0 Å². The van der Waals surface area contributed by atoms with Crippen LogP contribution in [0.5, 0.6) is 0 Å². The first-order valence-electron chi connectivity index (χ1n) is 7.05. The summed E-state index contributed by atoms with van der Waals surface area (Å²) in [4.78, 5) is 14.2. The number of hydrogen-bond acceptors (Lipinski definition) is 3. The fraction of sp³-hybridized carbons (Fsp3) is 0.533. The lowest BCUT2D eigenvalue weighted by Crippen LogP contribution is -2.53. The number of rotatable bonds is 4. The third-order valence-corrected chi connectivity index (χ3v) is 3.78. The summed E-state index contributed by atoms with van der Waals surface area (Å²) in [6, 6.07) is 0. The van der Waals surface area contributed by atoms with Crippen LogP contribution < -0.4 is 10.6 Å². The lowest BCUT2D eigenvalue weighted by atomic mass is 9.87. The predicted molar refractivity (Wildman–Crippen MR) is 77.4 cm³/mol. The first-order chi connectivity index (χ1) is 9.29. The number of nitrogens with zero attached hydrogens (tertiary/aromatic N) is 1. The number of piperidine rings is 1. The number of hydrogen-bond donors (Lipinski definition) is 2. The van der Waals surface area contributed by atoms with Gasteiger partial charge in [-0.3, -0.25) is 4.79 Å². The summed E-state index contributed by atoms with van der Waals surface area (Å²) in [5, 5.41) is 6.27. The van der Waals surface area contributed by atoms with Gasteiger partial charge in [0.1, 0.15) is 5.54 Å². The van der Waals surface area contributed by atoms with Crippen molar-refractivity contribution in [3.8, 4) is 0 Å². The summed E-state index contributed by atoms with van der Waals surface area (Å²) in [5.74, 6) is 0.175. The quantitative estimate of drug-likeness (QED) is 0.754. The molecule has 2 aliphatic heterocycles. The minimum absolute atomic E-state index is 0.175. The number of carbonyl (C=O) groups excluding carboxylic acids is 1. The topological polar surface area (TPSA) is 44.4 Å². The van der Waals surface area contributed by atoms with Crippen LogP contribution in [0.2, 0.25) is 0 Å². The van der Waals surface area contributed by atoms with E-state index in [0.29, 0.717) is 6.67 Å². The van der Waals surface area contributed by atoms with Gasteiger partial charge >= 0.3 is 0 Å². The standard InChI is InChI=1S/C15H23N3O/c1-2-3-4-5-6-7-12-18-13-17-14(19)15(18)8-10-16-11-9-15/h3-7,12,16H,2,8-11,13H2,1H3,(H,17,19)/b4-3-,6-5-,12-7+. The van der Waals surface area contributed by atoms with Crippen LogP contribution in [0.15, 0.2) is 36.6 Å². The van der Waals surface area contributed by atoms with Crippen molar-refractivity contribution in [2.45, 2.75) is 31.7 Å². The van der Waals surface area contributed by atoms with Gasteiger partial charge in [-0.2, -0.15) is 0 Å². The summed E-state index contributed by atoms with van der Waals surface area (Å²) < 4.78 is 0. The molecule has 0 unspecified atom stereocenters. The average molecular weight is 261 g/mol. The maximum atomic E-state index is 12.1. The lowest BCUT2D eigenvalue weighted by molar-refractivity contribution is -0.127. The summed E-state index contributed by atoms with van der Waals surface area (Å²) in [6.45, 7) is 4.55. The van der Waals surface area contributed by atoms with Gasteiger partial charge in [-0.05, 0) is 38.4 Å². The predicted octanol–water partition coefficient (Wildman–Crippen LogP) is 1.53. The normalized spacial score (nSPS) is 23.2. The van der Waals surface area contributed by atoms with Crippen molar-refractivity contribution in [1.29, 1.82) is 0 Å². The molecule has 4 heteroatoms. The van der Waals surface area contributed by atoms with Crippen LogP contribution in [0.4, 0.5) is 0 Å². The largest absolute Gasteiger partial charge is 0.345 e. The highest BCUT2D eigenvalue weighted by Gasteiger charge is 2.47. The second-order valence-electron chi connectivity index (χ2n) is 4.98. The van der Waals surface area contributed by atoms with Crippen LogP contribution in [0.25, 0.3) is 0 Å². The zero-order valence-electron chi connectivity index (χ0n) is 11.6. The highest BCUT2D eigenvalue weighted by Crippen LogP contribution is 2.30. The monoisotopic (exact) mass is 261 g/mol. The summed E-state index contributed by atoms with van der Waals surface area (Å²) >= 11 is 0. The molecule has 2 heterocycles. The summed E-state index contributed by atoms with van der Waals surface area (Å²) in [5.41, 5.74) is -0.325. The first-order valence-corrected chi connectivity index (χ1v) is 7.05. The second kappa shape index (κ2) is 6.57. The molecule has 2 rings (SSSR count). The Morgan fingerprint density at radius 3 is 2.68 bits per heavy atom. The van der Waals surface area contributed by atoms with Gasteiger partial charge in [-0.1, -0.05) is 31.2 Å². The fourth-order valence-electron chi connectivity index (χ4n) is 2.65. The van der Waals surface area contributed by atoms with E-state index in [9.17, 15) is 4.79 Å². The fourth-order valence-corrected chi connectivity index (χ4v) is 2.65. The van der Waals surface area contributed by atoms with Crippen LogP contribution in [0.1, 0.15) is 26.2 Å². The molecule has 2 fully saturated rings. The third-order valence-electron chi connectivity index (χ3n) is 3.78. The molecule has 104 valence electrons. The SMILES string of the molecule is CC\C=C/C=C\C=C\N1CNC(=O)C12CCNCC2. The van der Waals surface area contributed by atoms with Crippen molar-refractivity contribution in [2.75, 3.05) is 19.8 Å². The van der Waals surface area contributed by atoms with Gasteiger partial charge in [0, 0.05) is 6.20 Å². The second-order valence-corrected chi connectivity index (χ2v) is 4.98. The molecule has 0 aromatic heterocycles. The van der Waals surface area contributed by atoms with E-state index in [2.05, 4.69) is 28.5 Å². The minimum atomic E-state index is -0.325. The highest BCUT2D eigenvalue weighted by atomic mass is 16.2. The van der Waals surface area contributed by atoms with E-state index in [1.165, 1.54) is 0 Å². The van der Waals surface area contributed by atoms with Crippen molar-refractivity contribution in [3.63, 3.8) is 0 Å². The Kier molecular flexibility index (Phi) is 4.80. The summed E-state index contributed by atoms with van der Waals surface area (Å²) in [7, 11) is 0. The van der Waals surface area contributed by atoms with Gasteiger partial charge in [0.05, 0.1) is 6.67 Å². The van der Waals surface area contributed by atoms with Crippen LogP contribution in [0.3, 0.4) is 0 Å². The molecule has 0 saturated carbocycles. The lowest BCUT2D eigenvalue weighted by Gasteiger charge is -2.38. The Bertz CT molecular complexity index is 392. The van der Waals surface area contributed by atoms with Crippen LogP contribution >= 0.6 is 0 Å². The zero-order valence-corrected chi connectivity index (χ0v) is 11.6. The van der Waals surface area contributed by atoms with E-state index in [4.69, 9.17) is 0 Å². The molecule has 19 heavy (non-hydrogen) atoms. The van der Waals surface area contributed by atoms with Gasteiger partial charge in [0.15, 0.2) is 0 Å². The van der Waals surface area contributed by atoms with Crippen molar-refractivity contribution in [3.05, 3.63) is 36.6 Å². The molecule has 1 amide bonds. The highest BCUT2D eigenvalue weighted by molar-refractivity contribution is 5.88. The molecular formula is C15H23N3O. The third kappa shape index (κ3) is 3.07. The van der Waals surface area contributed by atoms with E-state index in [0.717, 1.165) is 32.4 Å². The molecule has 2 N–H and O–H groups in total. The van der Waals surface area contributed by atoms with Crippen molar-refractivity contribution >= 4 is 5.91 Å². The minimum Gasteiger partial charge on any atom is -0.345 e. The van der Waals surface area contributed by atoms with E-state index in [1.807, 2.05) is 30.5 Å². The maximum absolute atomic E-state index is 12.1. The Labute approximate surface area is 115 Å². The van der Waals surface area contributed by atoms with Crippen LogP contribution in [-0.2, 0) is 4.79 Å². The number of amides is 1.